The van der Waals surface area contributed by atoms with Gasteiger partial charge in [-0.25, -0.2) is 0 Å². The Morgan fingerprint density at radius 3 is 2.29 bits per heavy atom. The van der Waals surface area contributed by atoms with Crippen LogP contribution in [-0.2, 0) is 4.79 Å². The maximum absolute atomic E-state index is 10.1. The van der Waals surface area contributed by atoms with Crippen LogP contribution < -0.4 is 5.32 Å². The number of carbonyl (C=O) groups is 1. The zero-order valence-corrected chi connectivity index (χ0v) is 11.0. The lowest BCUT2D eigenvalue weighted by Gasteiger charge is -1.98. The molecule has 0 amide bonds. The summed E-state index contributed by atoms with van der Waals surface area (Å²) in [5.41, 5.74) is 0. The van der Waals surface area contributed by atoms with Gasteiger partial charge in [0.25, 0.3) is 0 Å². The second-order valence-corrected chi connectivity index (χ2v) is 4.25. The van der Waals surface area contributed by atoms with E-state index in [1.165, 1.54) is 32.1 Å². The van der Waals surface area contributed by atoms with Gasteiger partial charge in [0.1, 0.15) is 0 Å². The van der Waals surface area contributed by atoms with Gasteiger partial charge in [-0.1, -0.05) is 45.4 Å². The van der Waals surface area contributed by atoms with Gasteiger partial charge in [-0.2, -0.15) is 0 Å². The van der Waals surface area contributed by atoms with Crippen LogP contribution in [0.5, 0.6) is 0 Å². The minimum absolute atomic E-state index is 0.341. The highest BCUT2D eigenvalue weighted by molar-refractivity contribution is 5.66. The van der Waals surface area contributed by atoms with Gasteiger partial charge in [-0.05, 0) is 6.42 Å². The molecule has 1 heterocycles. The first-order valence-electron chi connectivity index (χ1n) is 6.71. The molecule has 0 radical (unpaired) electrons. The van der Waals surface area contributed by atoms with E-state index in [1.807, 2.05) is 0 Å². The molecule has 1 aliphatic rings. The number of hydrogen-bond donors (Lipinski definition) is 2. The molecule has 0 saturated carbocycles. The lowest BCUT2D eigenvalue weighted by molar-refractivity contribution is -0.137. The molecule has 1 rings (SSSR count). The summed E-state index contributed by atoms with van der Waals surface area (Å²) >= 11 is 0. The van der Waals surface area contributed by atoms with Crippen molar-refractivity contribution in [3.05, 3.63) is 0 Å². The van der Waals surface area contributed by atoms with Crippen molar-refractivity contribution < 1.29 is 9.90 Å². The number of nitrogens with zero attached hydrogens (tertiary/aromatic N) is 1. The fourth-order valence-electron chi connectivity index (χ4n) is 1.56. The van der Waals surface area contributed by atoms with Crippen LogP contribution in [0.1, 0.15) is 58.3 Å². The first kappa shape index (κ1) is 15.9. The molecule has 0 fully saturated rings. The van der Waals surface area contributed by atoms with Crippen LogP contribution in [0, 0.1) is 0 Å². The van der Waals surface area contributed by atoms with Crippen molar-refractivity contribution in [1.29, 1.82) is 0 Å². The minimum Gasteiger partial charge on any atom is -0.481 e. The monoisotopic (exact) mass is 242 g/mol. The van der Waals surface area contributed by atoms with Crippen molar-refractivity contribution in [3.8, 4) is 0 Å². The molecule has 1 aliphatic heterocycles. The van der Waals surface area contributed by atoms with Crippen LogP contribution in [0.25, 0.3) is 0 Å². The number of nitrogens with one attached hydrogen (secondary N) is 1. The van der Waals surface area contributed by atoms with E-state index in [9.17, 15) is 4.79 Å². The van der Waals surface area contributed by atoms with Crippen molar-refractivity contribution >= 4 is 12.3 Å². The van der Waals surface area contributed by atoms with Crippen LogP contribution >= 0.6 is 0 Å². The van der Waals surface area contributed by atoms with Gasteiger partial charge in [0.2, 0.25) is 0 Å². The van der Waals surface area contributed by atoms with Gasteiger partial charge >= 0.3 is 5.97 Å². The second-order valence-electron chi connectivity index (χ2n) is 4.25. The average molecular weight is 242 g/mol. The van der Waals surface area contributed by atoms with Crippen LogP contribution in [0.2, 0.25) is 0 Å². The van der Waals surface area contributed by atoms with E-state index < -0.39 is 5.97 Å². The van der Waals surface area contributed by atoms with E-state index in [2.05, 4.69) is 17.2 Å². The summed E-state index contributed by atoms with van der Waals surface area (Å²) in [5, 5.41) is 11.3. The minimum atomic E-state index is -0.663. The fraction of sp³-hybridized carbons (Fsp3) is 0.846. The third kappa shape index (κ3) is 14.9. The summed E-state index contributed by atoms with van der Waals surface area (Å²) in [7, 11) is 0. The molecule has 0 aromatic heterocycles. The summed E-state index contributed by atoms with van der Waals surface area (Å²) < 4.78 is 0. The van der Waals surface area contributed by atoms with Gasteiger partial charge in [0.05, 0.1) is 12.9 Å². The molecule has 0 aromatic carbocycles. The van der Waals surface area contributed by atoms with Gasteiger partial charge in [0, 0.05) is 13.0 Å². The molecule has 0 spiro atoms. The van der Waals surface area contributed by atoms with E-state index in [0.717, 1.165) is 25.9 Å². The third-order valence-electron chi connectivity index (χ3n) is 2.56. The third-order valence-corrected chi connectivity index (χ3v) is 2.56. The molecule has 0 saturated heterocycles. The van der Waals surface area contributed by atoms with Crippen LogP contribution in [0.15, 0.2) is 4.99 Å². The topological polar surface area (TPSA) is 61.7 Å². The summed E-state index contributed by atoms with van der Waals surface area (Å²) in [6.07, 6.45) is 10.4. The number of aliphatic imine (C=N–C) groups is 1. The van der Waals surface area contributed by atoms with Gasteiger partial charge in [0.15, 0.2) is 0 Å². The molecule has 0 bridgehead atoms. The van der Waals surface area contributed by atoms with Crippen molar-refractivity contribution in [2.24, 2.45) is 4.99 Å². The van der Waals surface area contributed by atoms with Crippen molar-refractivity contribution in [2.45, 2.75) is 58.3 Å². The van der Waals surface area contributed by atoms with E-state index in [0.29, 0.717) is 6.42 Å². The number of carboxylic acids is 1. The normalized spacial score (nSPS) is 12.8. The van der Waals surface area contributed by atoms with Gasteiger partial charge in [-0.3, -0.25) is 9.79 Å². The Balaban J connectivity index is 0.000000419. The van der Waals surface area contributed by atoms with E-state index in [4.69, 9.17) is 5.11 Å². The molecule has 0 unspecified atom stereocenters. The maximum atomic E-state index is 10.1. The SMILES string of the molecule is C1=NCCN1.CCCCCCCCCC(=O)O. The Kier molecular flexibility index (Phi) is 12.2. The second kappa shape index (κ2) is 13.0. The van der Waals surface area contributed by atoms with E-state index >= 15 is 0 Å². The molecule has 4 nitrogen and oxygen atoms in total. The fourth-order valence-corrected chi connectivity index (χ4v) is 1.56. The number of unbranched alkanes of at least 4 members (excludes halogenated alkanes) is 6. The lowest BCUT2D eigenvalue weighted by Crippen LogP contribution is -2.04. The van der Waals surface area contributed by atoms with Crippen molar-refractivity contribution in [2.75, 3.05) is 13.1 Å². The molecule has 0 aliphatic carbocycles. The van der Waals surface area contributed by atoms with Gasteiger partial charge < -0.3 is 10.4 Å². The Bertz CT molecular complexity index is 200. The van der Waals surface area contributed by atoms with E-state index in [-0.39, 0.29) is 0 Å². The van der Waals surface area contributed by atoms with Crippen LogP contribution in [-0.4, -0.2) is 30.5 Å². The first-order valence-corrected chi connectivity index (χ1v) is 6.71. The molecular weight excluding hydrogens is 216 g/mol. The zero-order chi connectivity index (χ0) is 12.8. The number of carboxylic acid groups (broad SMARTS) is 1. The molecular formula is C13H26N2O2. The zero-order valence-electron chi connectivity index (χ0n) is 11.0. The van der Waals surface area contributed by atoms with Crippen molar-refractivity contribution in [3.63, 3.8) is 0 Å². The maximum Gasteiger partial charge on any atom is 0.303 e. The smallest absolute Gasteiger partial charge is 0.303 e. The Labute approximate surface area is 105 Å². The molecule has 0 aromatic rings. The molecule has 4 heteroatoms. The Hall–Kier alpha value is -1.06. The molecule has 2 N–H and O–H groups in total. The highest BCUT2D eigenvalue weighted by Gasteiger charge is 1.95. The van der Waals surface area contributed by atoms with Crippen molar-refractivity contribution in [1.82, 2.24) is 5.32 Å². The summed E-state index contributed by atoms with van der Waals surface area (Å²) in [6.45, 7) is 4.18. The van der Waals surface area contributed by atoms with E-state index in [1.54, 1.807) is 6.34 Å². The lowest BCUT2D eigenvalue weighted by atomic mass is 10.1. The summed E-state index contributed by atoms with van der Waals surface area (Å²) in [5.74, 6) is -0.663. The molecule has 17 heavy (non-hydrogen) atoms. The molecule has 0 atom stereocenters. The number of rotatable bonds is 8. The highest BCUT2D eigenvalue weighted by atomic mass is 16.4. The highest BCUT2D eigenvalue weighted by Crippen LogP contribution is 2.07. The summed E-state index contributed by atoms with van der Waals surface area (Å²) in [4.78, 5) is 14.0. The summed E-state index contributed by atoms with van der Waals surface area (Å²) in [6, 6.07) is 0. The number of aliphatic carboxylic acids is 1. The van der Waals surface area contributed by atoms with Crippen LogP contribution in [0.4, 0.5) is 0 Å². The Morgan fingerprint density at radius 1 is 1.24 bits per heavy atom. The van der Waals surface area contributed by atoms with Crippen LogP contribution in [0.3, 0.4) is 0 Å². The predicted octanol–water partition coefficient (Wildman–Crippen LogP) is 2.83. The van der Waals surface area contributed by atoms with Gasteiger partial charge in [-0.15, -0.1) is 0 Å². The standard InChI is InChI=1S/C10H20O2.C3H6N2/c1-2-3-4-5-6-7-8-9-10(11)12;1-2-5-3-4-1/h2-9H2,1H3,(H,11,12);3H,1-2H2,(H,4,5). The Morgan fingerprint density at radius 2 is 1.88 bits per heavy atom. The first-order chi connectivity index (χ1) is 8.27. The predicted molar refractivity (Wildman–Crippen MR) is 71.6 cm³/mol. The largest absolute Gasteiger partial charge is 0.481 e. The quantitative estimate of drug-likeness (QED) is 0.643. The molecule has 100 valence electrons. The number of hydrogen-bond acceptors (Lipinski definition) is 3. The average Bonchev–Trinajstić information content (AvgIpc) is 2.86.